The first-order valence-electron chi connectivity index (χ1n) is 5.35. The Balaban J connectivity index is 2.12. The lowest BCUT2D eigenvalue weighted by Crippen LogP contribution is -2.16. The zero-order valence-corrected chi connectivity index (χ0v) is 9.27. The highest BCUT2D eigenvalue weighted by Crippen LogP contribution is 2.35. The van der Waals surface area contributed by atoms with Gasteiger partial charge in [-0.05, 0) is 25.1 Å². The average Bonchev–Trinajstić information content (AvgIpc) is 2.93. The Bertz CT molecular complexity index is 615. The number of aromatic nitrogens is 3. The van der Waals surface area contributed by atoms with Gasteiger partial charge in [0, 0.05) is 12.1 Å². The highest BCUT2D eigenvalue weighted by atomic mass is 16.7. The van der Waals surface area contributed by atoms with Crippen LogP contribution in [-0.4, -0.2) is 21.6 Å². The molecule has 0 radical (unpaired) electrons. The summed E-state index contributed by atoms with van der Waals surface area (Å²) in [7, 11) is 0. The van der Waals surface area contributed by atoms with Crippen molar-refractivity contribution < 1.29 is 9.47 Å². The van der Waals surface area contributed by atoms with E-state index in [1.165, 1.54) is 0 Å². The summed E-state index contributed by atoms with van der Waals surface area (Å²) < 4.78 is 12.1. The quantitative estimate of drug-likeness (QED) is 0.839. The fourth-order valence-electron chi connectivity index (χ4n) is 1.87. The third-order valence-electron chi connectivity index (χ3n) is 2.71. The van der Waals surface area contributed by atoms with Gasteiger partial charge in [0.15, 0.2) is 17.3 Å². The SMILES string of the molecule is CCn1c(-c2ccc3c(c2)OCO3)n[nH]c1=O. The Hall–Kier alpha value is -2.24. The number of ether oxygens (including phenoxy) is 2. The maximum absolute atomic E-state index is 11.5. The summed E-state index contributed by atoms with van der Waals surface area (Å²) in [6.45, 7) is 2.70. The van der Waals surface area contributed by atoms with Gasteiger partial charge in [-0.3, -0.25) is 4.57 Å². The Morgan fingerprint density at radius 3 is 3.06 bits per heavy atom. The van der Waals surface area contributed by atoms with Crippen LogP contribution >= 0.6 is 0 Å². The monoisotopic (exact) mass is 233 g/mol. The minimum atomic E-state index is -0.208. The Labute approximate surface area is 96.8 Å². The van der Waals surface area contributed by atoms with Crippen molar-refractivity contribution in [2.75, 3.05) is 6.79 Å². The molecule has 0 bridgehead atoms. The van der Waals surface area contributed by atoms with Crippen LogP contribution in [0.5, 0.6) is 11.5 Å². The van der Waals surface area contributed by atoms with E-state index < -0.39 is 0 Å². The number of benzene rings is 1. The number of nitrogens with zero attached hydrogens (tertiary/aromatic N) is 2. The summed E-state index contributed by atoms with van der Waals surface area (Å²) in [6.07, 6.45) is 0. The molecule has 0 amide bonds. The number of H-pyrrole nitrogens is 1. The van der Waals surface area contributed by atoms with E-state index in [1.54, 1.807) is 4.57 Å². The highest BCUT2D eigenvalue weighted by molar-refractivity contribution is 5.61. The molecule has 88 valence electrons. The maximum Gasteiger partial charge on any atom is 0.343 e. The molecule has 2 heterocycles. The summed E-state index contributed by atoms with van der Waals surface area (Å²) >= 11 is 0. The first-order chi connectivity index (χ1) is 8.29. The fourth-order valence-corrected chi connectivity index (χ4v) is 1.87. The van der Waals surface area contributed by atoms with Gasteiger partial charge in [0.2, 0.25) is 6.79 Å². The van der Waals surface area contributed by atoms with Crippen molar-refractivity contribution in [2.24, 2.45) is 0 Å². The predicted molar refractivity (Wildman–Crippen MR) is 60.1 cm³/mol. The van der Waals surface area contributed by atoms with Crippen LogP contribution in [0.25, 0.3) is 11.4 Å². The molecule has 6 heteroatoms. The van der Waals surface area contributed by atoms with Gasteiger partial charge in [0.1, 0.15) is 0 Å². The van der Waals surface area contributed by atoms with Gasteiger partial charge >= 0.3 is 5.69 Å². The molecule has 0 spiro atoms. The molecule has 1 aromatic carbocycles. The summed E-state index contributed by atoms with van der Waals surface area (Å²) in [5.41, 5.74) is 0.620. The second-order valence-electron chi connectivity index (χ2n) is 3.66. The van der Waals surface area contributed by atoms with E-state index in [1.807, 2.05) is 25.1 Å². The molecule has 0 atom stereocenters. The van der Waals surface area contributed by atoms with Crippen molar-refractivity contribution in [1.29, 1.82) is 0 Å². The van der Waals surface area contributed by atoms with Gasteiger partial charge in [-0.15, -0.1) is 0 Å². The minimum absolute atomic E-state index is 0.208. The average molecular weight is 233 g/mol. The smallest absolute Gasteiger partial charge is 0.343 e. The lowest BCUT2D eigenvalue weighted by atomic mass is 10.2. The molecule has 1 aromatic heterocycles. The van der Waals surface area contributed by atoms with Crippen molar-refractivity contribution in [3.8, 4) is 22.9 Å². The van der Waals surface area contributed by atoms with Gasteiger partial charge in [0.05, 0.1) is 0 Å². The lowest BCUT2D eigenvalue weighted by molar-refractivity contribution is 0.174. The van der Waals surface area contributed by atoms with Crippen molar-refractivity contribution in [3.05, 3.63) is 28.7 Å². The molecule has 0 saturated carbocycles. The van der Waals surface area contributed by atoms with Crippen LogP contribution in [0.3, 0.4) is 0 Å². The molecule has 0 fully saturated rings. The Morgan fingerprint density at radius 2 is 2.24 bits per heavy atom. The van der Waals surface area contributed by atoms with Gasteiger partial charge in [-0.2, -0.15) is 5.10 Å². The van der Waals surface area contributed by atoms with Crippen LogP contribution < -0.4 is 15.2 Å². The fraction of sp³-hybridized carbons (Fsp3) is 0.273. The van der Waals surface area contributed by atoms with Crippen LogP contribution in [0.4, 0.5) is 0 Å². The molecular formula is C11H11N3O3. The van der Waals surface area contributed by atoms with E-state index in [0.717, 1.165) is 11.3 Å². The summed E-state index contributed by atoms with van der Waals surface area (Å²) in [4.78, 5) is 11.5. The summed E-state index contributed by atoms with van der Waals surface area (Å²) in [6, 6.07) is 5.50. The molecule has 0 aliphatic carbocycles. The van der Waals surface area contributed by atoms with Crippen molar-refractivity contribution in [3.63, 3.8) is 0 Å². The molecule has 1 aliphatic heterocycles. The molecule has 2 aromatic rings. The Kier molecular flexibility index (Phi) is 2.14. The number of hydrogen-bond acceptors (Lipinski definition) is 4. The van der Waals surface area contributed by atoms with Crippen LogP contribution in [-0.2, 0) is 6.54 Å². The molecular weight excluding hydrogens is 222 g/mol. The molecule has 0 unspecified atom stereocenters. The number of rotatable bonds is 2. The standard InChI is InChI=1S/C11H11N3O3/c1-2-14-10(12-13-11(14)15)7-3-4-8-9(5-7)17-6-16-8/h3-5H,2,6H2,1H3,(H,13,15). The van der Waals surface area contributed by atoms with E-state index in [4.69, 9.17) is 9.47 Å². The van der Waals surface area contributed by atoms with Crippen LogP contribution in [0.1, 0.15) is 6.92 Å². The summed E-state index contributed by atoms with van der Waals surface area (Å²) in [5, 5.41) is 6.45. The molecule has 6 nitrogen and oxygen atoms in total. The Morgan fingerprint density at radius 1 is 1.41 bits per heavy atom. The van der Waals surface area contributed by atoms with E-state index in [2.05, 4.69) is 10.2 Å². The van der Waals surface area contributed by atoms with Crippen molar-refractivity contribution in [1.82, 2.24) is 14.8 Å². The van der Waals surface area contributed by atoms with Crippen LogP contribution in [0, 0.1) is 0 Å². The normalized spacial score (nSPS) is 13.0. The van der Waals surface area contributed by atoms with E-state index in [0.29, 0.717) is 18.1 Å². The molecule has 1 N–H and O–H groups in total. The number of fused-ring (bicyclic) bond motifs is 1. The van der Waals surface area contributed by atoms with Crippen LogP contribution in [0.15, 0.2) is 23.0 Å². The molecule has 1 aliphatic rings. The lowest BCUT2D eigenvalue weighted by Gasteiger charge is -2.03. The minimum Gasteiger partial charge on any atom is -0.454 e. The maximum atomic E-state index is 11.5. The first kappa shape index (κ1) is 9.95. The molecule has 0 saturated heterocycles. The third kappa shape index (κ3) is 1.49. The van der Waals surface area contributed by atoms with Crippen molar-refractivity contribution >= 4 is 0 Å². The van der Waals surface area contributed by atoms with E-state index >= 15 is 0 Å². The summed E-state index contributed by atoms with van der Waals surface area (Å²) in [5.74, 6) is 2.01. The van der Waals surface area contributed by atoms with Gasteiger partial charge < -0.3 is 9.47 Å². The number of aromatic amines is 1. The van der Waals surface area contributed by atoms with E-state index in [9.17, 15) is 4.79 Å². The second kappa shape index (κ2) is 3.65. The first-order valence-corrected chi connectivity index (χ1v) is 5.35. The third-order valence-corrected chi connectivity index (χ3v) is 2.71. The number of nitrogens with one attached hydrogen (secondary N) is 1. The van der Waals surface area contributed by atoms with Gasteiger partial charge in [-0.1, -0.05) is 0 Å². The van der Waals surface area contributed by atoms with Gasteiger partial charge in [0.25, 0.3) is 0 Å². The topological polar surface area (TPSA) is 69.1 Å². The van der Waals surface area contributed by atoms with E-state index in [-0.39, 0.29) is 12.5 Å². The largest absolute Gasteiger partial charge is 0.454 e. The van der Waals surface area contributed by atoms with Crippen LogP contribution in [0.2, 0.25) is 0 Å². The van der Waals surface area contributed by atoms with Gasteiger partial charge in [-0.25, -0.2) is 9.89 Å². The second-order valence-corrected chi connectivity index (χ2v) is 3.66. The highest BCUT2D eigenvalue weighted by Gasteiger charge is 2.16. The predicted octanol–water partition coefficient (Wildman–Crippen LogP) is 0.987. The molecule has 3 rings (SSSR count). The zero-order valence-electron chi connectivity index (χ0n) is 9.27. The molecule has 17 heavy (non-hydrogen) atoms. The van der Waals surface area contributed by atoms with Crippen molar-refractivity contribution in [2.45, 2.75) is 13.5 Å². The zero-order chi connectivity index (χ0) is 11.8. The number of hydrogen-bond donors (Lipinski definition) is 1.